The molecule has 0 saturated heterocycles. The van der Waals surface area contributed by atoms with Crippen molar-refractivity contribution >= 4 is 11.9 Å². The highest BCUT2D eigenvalue weighted by molar-refractivity contribution is 5.76. The Morgan fingerprint density at radius 1 is 0.458 bits per heavy atom. The third-order valence-corrected chi connectivity index (χ3v) is 11.6. The molecular formula is C53H99NO5. The van der Waals surface area contributed by atoms with Gasteiger partial charge in [0.1, 0.15) is 0 Å². The van der Waals surface area contributed by atoms with E-state index in [1.165, 1.54) is 167 Å². The predicted molar refractivity (Wildman–Crippen MR) is 255 cm³/mol. The number of aliphatic hydroxyl groups is 2. The third kappa shape index (κ3) is 45.4. The van der Waals surface area contributed by atoms with Crippen LogP contribution in [0.15, 0.2) is 36.5 Å². The van der Waals surface area contributed by atoms with E-state index >= 15 is 0 Å². The van der Waals surface area contributed by atoms with E-state index in [-0.39, 0.29) is 18.5 Å². The van der Waals surface area contributed by atoms with Crippen LogP contribution in [0.2, 0.25) is 0 Å². The molecular weight excluding hydrogens is 731 g/mol. The maximum atomic E-state index is 12.4. The van der Waals surface area contributed by atoms with Gasteiger partial charge in [0, 0.05) is 12.8 Å². The summed E-state index contributed by atoms with van der Waals surface area (Å²) in [5, 5.41) is 23.0. The van der Waals surface area contributed by atoms with Gasteiger partial charge in [0.15, 0.2) is 0 Å². The molecule has 0 radical (unpaired) electrons. The van der Waals surface area contributed by atoms with Gasteiger partial charge in [-0.3, -0.25) is 9.59 Å². The van der Waals surface area contributed by atoms with Crippen LogP contribution in [-0.2, 0) is 14.3 Å². The van der Waals surface area contributed by atoms with Gasteiger partial charge in [-0.05, 0) is 77.0 Å². The quantitative estimate of drug-likeness (QED) is 0.0323. The number of esters is 1. The van der Waals surface area contributed by atoms with Crippen molar-refractivity contribution in [2.75, 3.05) is 13.2 Å². The van der Waals surface area contributed by atoms with Gasteiger partial charge in [-0.1, -0.05) is 211 Å². The zero-order valence-corrected chi connectivity index (χ0v) is 39.2. The SMILES string of the molecule is CCCCCCCCC/C=C\CCCCCCCC(=O)OCCCCCC/C=C\CCCC(=O)NC(CO)C(O)/C=C/CCCCCCCCCCCCCCCCC. The van der Waals surface area contributed by atoms with E-state index in [4.69, 9.17) is 4.74 Å². The molecule has 346 valence electrons. The molecule has 0 heterocycles. The first-order valence-electron chi connectivity index (χ1n) is 25.8. The number of allylic oxidation sites excluding steroid dienone is 5. The van der Waals surface area contributed by atoms with E-state index in [2.05, 4.69) is 43.5 Å². The van der Waals surface area contributed by atoms with Gasteiger partial charge in [-0.2, -0.15) is 0 Å². The summed E-state index contributed by atoms with van der Waals surface area (Å²) in [5.41, 5.74) is 0. The molecule has 0 spiro atoms. The number of hydrogen-bond acceptors (Lipinski definition) is 5. The fourth-order valence-electron chi connectivity index (χ4n) is 7.63. The Balaban J connectivity index is 3.59. The normalized spacial score (nSPS) is 12.9. The van der Waals surface area contributed by atoms with Gasteiger partial charge >= 0.3 is 5.97 Å². The lowest BCUT2D eigenvalue weighted by molar-refractivity contribution is -0.143. The number of carbonyl (C=O) groups excluding carboxylic acids is 2. The Kier molecular flexibility index (Phi) is 47.2. The summed E-state index contributed by atoms with van der Waals surface area (Å²) < 4.78 is 5.44. The Morgan fingerprint density at radius 2 is 0.814 bits per heavy atom. The number of nitrogens with one attached hydrogen (secondary N) is 1. The molecule has 0 rings (SSSR count). The van der Waals surface area contributed by atoms with Crippen molar-refractivity contribution in [2.24, 2.45) is 0 Å². The first-order valence-corrected chi connectivity index (χ1v) is 25.8. The van der Waals surface area contributed by atoms with E-state index in [1.807, 2.05) is 6.08 Å². The molecule has 0 aromatic rings. The minimum absolute atomic E-state index is 0.0458. The van der Waals surface area contributed by atoms with Crippen molar-refractivity contribution in [3.05, 3.63) is 36.5 Å². The Labute approximate surface area is 366 Å². The van der Waals surface area contributed by atoms with E-state index in [9.17, 15) is 19.8 Å². The minimum Gasteiger partial charge on any atom is -0.466 e. The molecule has 0 fully saturated rings. The summed E-state index contributed by atoms with van der Waals surface area (Å²) in [7, 11) is 0. The third-order valence-electron chi connectivity index (χ3n) is 11.6. The molecule has 0 aliphatic rings. The van der Waals surface area contributed by atoms with Crippen LogP contribution in [0.25, 0.3) is 0 Å². The first-order chi connectivity index (χ1) is 29.0. The number of carbonyl (C=O) groups is 2. The average molecular weight is 830 g/mol. The summed E-state index contributed by atoms with van der Waals surface area (Å²) in [4.78, 5) is 24.4. The van der Waals surface area contributed by atoms with Gasteiger partial charge in [-0.15, -0.1) is 0 Å². The zero-order chi connectivity index (χ0) is 43.0. The molecule has 0 saturated carbocycles. The molecule has 59 heavy (non-hydrogen) atoms. The number of aliphatic hydroxyl groups excluding tert-OH is 2. The van der Waals surface area contributed by atoms with E-state index < -0.39 is 12.1 Å². The number of hydrogen-bond donors (Lipinski definition) is 3. The Hall–Kier alpha value is -1.92. The summed E-state index contributed by atoms with van der Waals surface area (Å²) >= 11 is 0. The summed E-state index contributed by atoms with van der Waals surface area (Å²) in [6.07, 6.45) is 58.6. The fourth-order valence-corrected chi connectivity index (χ4v) is 7.63. The molecule has 1 amide bonds. The van der Waals surface area contributed by atoms with Crippen LogP contribution >= 0.6 is 0 Å². The first kappa shape index (κ1) is 57.1. The van der Waals surface area contributed by atoms with E-state index in [0.29, 0.717) is 19.4 Å². The summed E-state index contributed by atoms with van der Waals surface area (Å²) in [6.45, 7) is 4.80. The molecule has 0 aromatic heterocycles. The van der Waals surface area contributed by atoms with Gasteiger partial charge < -0.3 is 20.3 Å². The van der Waals surface area contributed by atoms with Crippen LogP contribution in [0.4, 0.5) is 0 Å². The lowest BCUT2D eigenvalue weighted by Crippen LogP contribution is -2.45. The molecule has 2 atom stereocenters. The van der Waals surface area contributed by atoms with Crippen LogP contribution in [0.5, 0.6) is 0 Å². The van der Waals surface area contributed by atoms with Crippen molar-refractivity contribution in [1.82, 2.24) is 5.32 Å². The van der Waals surface area contributed by atoms with Gasteiger partial charge in [0.25, 0.3) is 0 Å². The minimum atomic E-state index is -0.876. The van der Waals surface area contributed by atoms with Crippen LogP contribution in [0, 0.1) is 0 Å². The van der Waals surface area contributed by atoms with E-state index in [0.717, 1.165) is 70.6 Å². The highest BCUT2D eigenvalue weighted by Gasteiger charge is 2.17. The molecule has 3 N–H and O–H groups in total. The monoisotopic (exact) mass is 830 g/mol. The number of rotatable bonds is 47. The number of amides is 1. The Bertz CT molecular complexity index is 962. The lowest BCUT2D eigenvalue weighted by atomic mass is 10.0. The van der Waals surface area contributed by atoms with Crippen molar-refractivity contribution in [1.29, 1.82) is 0 Å². The fraction of sp³-hybridized carbons (Fsp3) is 0.849. The molecule has 0 aliphatic heterocycles. The van der Waals surface area contributed by atoms with Gasteiger partial charge in [-0.25, -0.2) is 0 Å². The number of unbranched alkanes of at least 4 members (excludes halogenated alkanes) is 32. The summed E-state index contributed by atoms with van der Waals surface area (Å²) in [5.74, 6) is -0.175. The lowest BCUT2D eigenvalue weighted by Gasteiger charge is -2.19. The van der Waals surface area contributed by atoms with Crippen LogP contribution in [0.1, 0.15) is 264 Å². The average Bonchev–Trinajstić information content (AvgIpc) is 3.24. The maximum absolute atomic E-state index is 12.4. The second-order valence-corrected chi connectivity index (χ2v) is 17.5. The predicted octanol–water partition coefficient (Wildman–Crippen LogP) is 15.3. The zero-order valence-electron chi connectivity index (χ0n) is 39.2. The van der Waals surface area contributed by atoms with Gasteiger partial charge in [0.05, 0.1) is 25.4 Å². The van der Waals surface area contributed by atoms with Crippen LogP contribution in [-0.4, -0.2) is 47.4 Å². The largest absolute Gasteiger partial charge is 0.466 e. The molecule has 0 aliphatic carbocycles. The summed E-state index contributed by atoms with van der Waals surface area (Å²) in [6, 6.07) is -0.666. The highest BCUT2D eigenvalue weighted by Crippen LogP contribution is 2.15. The van der Waals surface area contributed by atoms with Gasteiger partial charge in [0.2, 0.25) is 5.91 Å². The maximum Gasteiger partial charge on any atom is 0.305 e. The van der Waals surface area contributed by atoms with E-state index in [1.54, 1.807) is 6.08 Å². The molecule has 0 aromatic carbocycles. The molecule has 6 heteroatoms. The van der Waals surface area contributed by atoms with Crippen molar-refractivity contribution < 1.29 is 24.5 Å². The topological polar surface area (TPSA) is 95.9 Å². The second kappa shape index (κ2) is 48.7. The Morgan fingerprint density at radius 3 is 1.24 bits per heavy atom. The van der Waals surface area contributed by atoms with Crippen molar-refractivity contribution in [3.63, 3.8) is 0 Å². The molecule has 6 nitrogen and oxygen atoms in total. The van der Waals surface area contributed by atoms with Crippen LogP contribution in [0.3, 0.4) is 0 Å². The van der Waals surface area contributed by atoms with Crippen molar-refractivity contribution in [2.45, 2.75) is 276 Å². The highest BCUT2D eigenvalue weighted by atomic mass is 16.5. The smallest absolute Gasteiger partial charge is 0.305 e. The second-order valence-electron chi connectivity index (χ2n) is 17.5. The van der Waals surface area contributed by atoms with Crippen molar-refractivity contribution in [3.8, 4) is 0 Å². The van der Waals surface area contributed by atoms with Crippen LogP contribution < -0.4 is 5.32 Å². The number of ether oxygens (including phenoxy) is 1. The molecule has 0 bridgehead atoms. The molecule has 2 unspecified atom stereocenters. The standard InChI is InChI=1S/C53H99NO5/c1-3-5-7-9-11-13-15-17-19-21-22-24-26-29-33-37-41-45-51(56)50(49-55)54-52(57)46-42-38-34-30-28-32-36-40-44-48-59-53(58)47-43-39-35-31-27-25-23-20-18-16-14-12-10-8-6-4-2/h20,23,30,34,41,45,50-51,55-56H,3-19,21-22,24-29,31-33,35-40,42-44,46-49H2,1-2H3,(H,54,57)/b23-20-,34-30-,45-41+.